The van der Waals surface area contributed by atoms with Crippen LogP contribution in [-0.4, -0.2) is 55.2 Å². The van der Waals surface area contributed by atoms with E-state index in [1.165, 1.54) is 0 Å². The van der Waals surface area contributed by atoms with Gasteiger partial charge in [0.25, 0.3) is 5.91 Å². The number of nitrogens with one attached hydrogen (secondary N) is 1. The first-order valence-electron chi connectivity index (χ1n) is 11.2. The maximum Gasteiger partial charge on any atom is 0.271 e. The highest BCUT2D eigenvalue weighted by molar-refractivity contribution is 5.94. The number of benzene rings is 1. The Bertz CT molecular complexity index is 1180. The van der Waals surface area contributed by atoms with Crippen molar-refractivity contribution in [1.29, 1.82) is 0 Å². The molecule has 0 aliphatic carbocycles. The minimum Gasteiger partial charge on any atom is -0.354 e. The monoisotopic (exact) mass is 432 g/mol. The van der Waals surface area contributed by atoms with Crippen molar-refractivity contribution < 1.29 is 9.59 Å². The molecule has 1 N–H and O–H groups in total. The third-order valence-corrected chi connectivity index (χ3v) is 6.67. The van der Waals surface area contributed by atoms with Gasteiger partial charge in [0, 0.05) is 37.3 Å². The van der Waals surface area contributed by atoms with Crippen molar-refractivity contribution in [3.63, 3.8) is 0 Å². The van der Waals surface area contributed by atoms with Gasteiger partial charge >= 0.3 is 0 Å². The fourth-order valence-corrected chi connectivity index (χ4v) is 5.22. The molecular weight excluding hydrogens is 404 g/mol. The van der Waals surface area contributed by atoms with Gasteiger partial charge in [0.05, 0.1) is 17.4 Å². The lowest BCUT2D eigenvalue weighted by molar-refractivity contribution is -0.135. The van der Waals surface area contributed by atoms with Crippen LogP contribution in [0.5, 0.6) is 0 Å². The lowest BCUT2D eigenvalue weighted by Crippen LogP contribution is -2.44. The Balaban J connectivity index is 1.51. The van der Waals surface area contributed by atoms with Crippen molar-refractivity contribution in [3.05, 3.63) is 59.2 Å². The van der Waals surface area contributed by atoms with Gasteiger partial charge in [-0.25, -0.2) is 4.98 Å². The molecule has 2 atom stereocenters. The number of hydrogen-bond acceptors (Lipinski definition) is 4. The summed E-state index contributed by atoms with van der Waals surface area (Å²) in [7, 11) is 1.63. The second-order valence-electron chi connectivity index (χ2n) is 8.76. The highest BCUT2D eigenvalue weighted by Crippen LogP contribution is 2.35. The second-order valence-corrected chi connectivity index (χ2v) is 8.76. The predicted molar refractivity (Wildman–Crippen MR) is 120 cm³/mol. The molecule has 32 heavy (non-hydrogen) atoms. The number of carbonyl (C=O) groups excluding carboxylic acids is 2. The number of amides is 2. The van der Waals surface area contributed by atoms with E-state index in [4.69, 9.17) is 4.98 Å². The van der Waals surface area contributed by atoms with Gasteiger partial charge in [-0.2, -0.15) is 5.10 Å². The zero-order valence-electron chi connectivity index (χ0n) is 18.7. The Morgan fingerprint density at radius 1 is 1.12 bits per heavy atom. The highest BCUT2D eigenvalue weighted by atomic mass is 16.2. The van der Waals surface area contributed by atoms with E-state index in [1.54, 1.807) is 11.7 Å². The molecule has 5 rings (SSSR count). The molecule has 0 spiro atoms. The van der Waals surface area contributed by atoms with E-state index in [0.717, 1.165) is 41.3 Å². The van der Waals surface area contributed by atoms with Crippen LogP contribution in [0.15, 0.2) is 36.4 Å². The Hall–Kier alpha value is -3.42. The van der Waals surface area contributed by atoms with Crippen molar-refractivity contribution >= 4 is 11.8 Å². The smallest absolute Gasteiger partial charge is 0.271 e. The maximum absolute atomic E-state index is 13.4. The molecule has 0 unspecified atom stereocenters. The number of rotatable bonds is 4. The second kappa shape index (κ2) is 7.93. The average molecular weight is 433 g/mol. The van der Waals surface area contributed by atoms with Crippen molar-refractivity contribution in [2.24, 2.45) is 0 Å². The van der Waals surface area contributed by atoms with E-state index in [9.17, 15) is 9.59 Å². The molecule has 1 aromatic carbocycles. The molecule has 2 aliphatic heterocycles. The molecule has 1 fully saturated rings. The summed E-state index contributed by atoms with van der Waals surface area (Å²) in [6.45, 7) is 4.80. The Morgan fingerprint density at radius 3 is 2.56 bits per heavy atom. The number of fused-ring (bicyclic) bond motifs is 3. The van der Waals surface area contributed by atoms with Gasteiger partial charge in [-0.15, -0.1) is 0 Å². The van der Waals surface area contributed by atoms with Crippen LogP contribution in [0.25, 0.3) is 11.4 Å². The fraction of sp³-hybridized carbons (Fsp3) is 0.417. The van der Waals surface area contributed by atoms with Gasteiger partial charge in [-0.3, -0.25) is 14.3 Å². The fourth-order valence-electron chi connectivity index (χ4n) is 5.22. The third-order valence-electron chi connectivity index (χ3n) is 6.67. The quantitative estimate of drug-likeness (QED) is 0.686. The first-order chi connectivity index (χ1) is 15.5. The predicted octanol–water partition coefficient (Wildman–Crippen LogP) is 2.34. The summed E-state index contributed by atoms with van der Waals surface area (Å²) >= 11 is 0. The van der Waals surface area contributed by atoms with Gasteiger partial charge in [0.2, 0.25) is 5.91 Å². The first kappa shape index (κ1) is 20.5. The lowest BCUT2D eigenvalue weighted by Gasteiger charge is -2.28. The van der Waals surface area contributed by atoms with E-state index < -0.39 is 0 Å². The van der Waals surface area contributed by atoms with Gasteiger partial charge in [0.15, 0.2) is 0 Å². The van der Waals surface area contributed by atoms with E-state index in [0.29, 0.717) is 18.7 Å². The Labute approximate surface area is 187 Å². The summed E-state index contributed by atoms with van der Waals surface area (Å²) in [5.41, 5.74) is 4.26. The zero-order chi connectivity index (χ0) is 22.4. The SMILES string of the molecule is CNC(=O)c1nc(-c2ccccc2)n2c1C[C@@H]1CC[C@H](C2)N1C(=O)Cn1nc(C)cc1C. The van der Waals surface area contributed by atoms with Crippen LogP contribution in [0.2, 0.25) is 0 Å². The van der Waals surface area contributed by atoms with Gasteiger partial charge in [-0.1, -0.05) is 30.3 Å². The summed E-state index contributed by atoms with van der Waals surface area (Å²) in [6.07, 6.45) is 2.52. The maximum atomic E-state index is 13.4. The normalized spacial score (nSPS) is 19.5. The van der Waals surface area contributed by atoms with E-state index >= 15 is 0 Å². The van der Waals surface area contributed by atoms with Crippen molar-refractivity contribution in [2.75, 3.05) is 7.05 Å². The summed E-state index contributed by atoms with van der Waals surface area (Å²) in [6, 6.07) is 12.1. The van der Waals surface area contributed by atoms with Gasteiger partial charge in [-0.05, 0) is 32.8 Å². The summed E-state index contributed by atoms with van der Waals surface area (Å²) in [4.78, 5) is 32.9. The molecule has 3 aromatic rings. The number of nitrogens with zero attached hydrogens (tertiary/aromatic N) is 5. The van der Waals surface area contributed by atoms with Crippen LogP contribution in [0.1, 0.15) is 40.4 Å². The minimum absolute atomic E-state index is 0.0643. The van der Waals surface area contributed by atoms with E-state index in [-0.39, 0.29) is 30.4 Å². The minimum atomic E-state index is -0.186. The molecule has 166 valence electrons. The van der Waals surface area contributed by atoms with E-state index in [2.05, 4.69) is 15.0 Å². The molecule has 2 bridgehead atoms. The van der Waals surface area contributed by atoms with E-state index in [1.807, 2.05) is 55.1 Å². The molecule has 0 saturated carbocycles. The molecule has 2 amide bonds. The highest BCUT2D eigenvalue weighted by Gasteiger charge is 2.42. The molecule has 2 aromatic heterocycles. The topological polar surface area (TPSA) is 85.0 Å². The van der Waals surface area contributed by atoms with Gasteiger partial charge < -0.3 is 14.8 Å². The van der Waals surface area contributed by atoms with Crippen molar-refractivity contribution in [1.82, 2.24) is 29.5 Å². The summed E-state index contributed by atoms with van der Waals surface area (Å²) in [5.74, 6) is 0.692. The molecule has 8 heteroatoms. The van der Waals surface area contributed by atoms with Crippen molar-refractivity contribution in [3.8, 4) is 11.4 Å². The van der Waals surface area contributed by atoms with Crippen LogP contribution in [0, 0.1) is 13.8 Å². The summed E-state index contributed by atoms with van der Waals surface area (Å²) < 4.78 is 3.95. The van der Waals surface area contributed by atoms with Crippen LogP contribution in [0.3, 0.4) is 0 Å². The molecule has 4 heterocycles. The molecule has 1 saturated heterocycles. The zero-order valence-corrected chi connectivity index (χ0v) is 18.7. The number of aryl methyl sites for hydroxylation is 2. The Morgan fingerprint density at radius 2 is 1.88 bits per heavy atom. The number of aromatic nitrogens is 4. The molecule has 8 nitrogen and oxygen atoms in total. The van der Waals surface area contributed by atoms with Crippen molar-refractivity contribution in [2.45, 2.75) is 58.3 Å². The number of hydrogen-bond donors (Lipinski definition) is 1. The summed E-state index contributed by atoms with van der Waals surface area (Å²) in [5, 5.41) is 7.20. The van der Waals surface area contributed by atoms with Crippen LogP contribution >= 0.6 is 0 Å². The van der Waals surface area contributed by atoms with Crippen LogP contribution < -0.4 is 5.32 Å². The standard InChI is InChI=1S/C24H28N6O2/c1-15-11-16(2)29(27-15)14-21(31)30-18-9-10-19(30)13-28-20(12-18)22(24(32)25-3)26-23(28)17-7-5-4-6-8-17/h4-8,11,18-19H,9-10,12-14H2,1-3H3,(H,25,32)/t18-,19+/m0/s1. The number of imidazole rings is 1. The van der Waals surface area contributed by atoms with Crippen LogP contribution in [0.4, 0.5) is 0 Å². The molecule has 2 aliphatic rings. The van der Waals surface area contributed by atoms with Gasteiger partial charge in [0.1, 0.15) is 18.1 Å². The molecular formula is C24H28N6O2. The molecule has 0 radical (unpaired) electrons. The number of carbonyl (C=O) groups is 2. The largest absolute Gasteiger partial charge is 0.354 e. The average Bonchev–Trinajstić information content (AvgIpc) is 3.40. The lowest BCUT2D eigenvalue weighted by atomic mass is 10.1. The third kappa shape index (κ3) is 3.39. The Kier molecular flexibility index (Phi) is 5.07. The first-order valence-corrected chi connectivity index (χ1v) is 11.2. The van der Waals surface area contributed by atoms with Crippen LogP contribution in [-0.2, 0) is 24.3 Å².